The minimum absolute atomic E-state index is 0.0128. The van der Waals surface area contributed by atoms with E-state index in [4.69, 9.17) is 39.5 Å². The predicted octanol–water partition coefficient (Wildman–Crippen LogP) is 2.90. The molecule has 0 fully saturated rings. The molecule has 3 N–H and O–H groups in total. The molecule has 0 spiro atoms. The summed E-state index contributed by atoms with van der Waals surface area (Å²) >= 11 is 11.8. The second kappa shape index (κ2) is 7.52. The molecular formula is C14H8Cl2F3N7. The zero-order valence-corrected chi connectivity index (χ0v) is 14.2. The van der Waals surface area contributed by atoms with Gasteiger partial charge >= 0.3 is 6.18 Å². The standard InChI is InChI=1S/C14H8Cl2F3N7/c15-9-1-7(14(17,18)19)2-10(16)13(9)26-24-6-8(25-26)5-23-12(4-21)11(22)3-20/h1-2,6,23H,5,22H2. The van der Waals surface area contributed by atoms with Crippen molar-refractivity contribution in [3.8, 4) is 17.8 Å². The van der Waals surface area contributed by atoms with Gasteiger partial charge in [-0.2, -0.15) is 33.9 Å². The van der Waals surface area contributed by atoms with Gasteiger partial charge in [0, 0.05) is 0 Å². The minimum Gasteiger partial charge on any atom is -0.388 e. The van der Waals surface area contributed by atoms with Crippen LogP contribution in [0.3, 0.4) is 0 Å². The number of benzene rings is 1. The highest BCUT2D eigenvalue weighted by Gasteiger charge is 2.32. The smallest absolute Gasteiger partial charge is 0.388 e. The second-order valence-electron chi connectivity index (χ2n) is 4.78. The van der Waals surface area contributed by atoms with Crippen molar-refractivity contribution in [3.05, 3.63) is 51.0 Å². The molecule has 2 rings (SSSR count). The molecular weight excluding hydrogens is 394 g/mol. The number of nitrogens with two attached hydrogens (primary N) is 1. The third kappa shape index (κ3) is 4.17. The molecule has 134 valence electrons. The Balaban J connectivity index is 2.29. The van der Waals surface area contributed by atoms with Gasteiger partial charge in [0.15, 0.2) is 0 Å². The predicted molar refractivity (Wildman–Crippen MR) is 85.7 cm³/mol. The van der Waals surface area contributed by atoms with Crippen molar-refractivity contribution in [1.82, 2.24) is 20.3 Å². The number of rotatable bonds is 4. The molecule has 0 saturated carbocycles. The first kappa shape index (κ1) is 19.4. The summed E-state index contributed by atoms with van der Waals surface area (Å²) in [6.45, 7) is -0.0128. The lowest BCUT2D eigenvalue weighted by molar-refractivity contribution is -0.137. The van der Waals surface area contributed by atoms with Crippen molar-refractivity contribution in [1.29, 1.82) is 10.5 Å². The van der Waals surface area contributed by atoms with Crippen molar-refractivity contribution in [3.63, 3.8) is 0 Å². The van der Waals surface area contributed by atoms with Crippen LogP contribution in [0.4, 0.5) is 13.2 Å². The Morgan fingerprint density at radius 3 is 2.35 bits per heavy atom. The largest absolute Gasteiger partial charge is 0.416 e. The fraction of sp³-hybridized carbons (Fsp3) is 0.143. The average molecular weight is 402 g/mol. The maximum absolute atomic E-state index is 12.8. The first-order valence-electron chi connectivity index (χ1n) is 6.69. The van der Waals surface area contributed by atoms with E-state index in [-0.39, 0.29) is 33.7 Å². The number of hydrogen-bond acceptors (Lipinski definition) is 6. The van der Waals surface area contributed by atoms with E-state index < -0.39 is 11.7 Å². The summed E-state index contributed by atoms with van der Waals surface area (Å²) in [6.07, 6.45) is -3.31. The number of halogens is 5. The van der Waals surface area contributed by atoms with Gasteiger partial charge in [-0.3, -0.25) is 0 Å². The lowest BCUT2D eigenvalue weighted by Crippen LogP contribution is -2.17. The first-order chi connectivity index (χ1) is 12.2. The topological polar surface area (TPSA) is 116 Å². The number of alkyl halides is 3. The van der Waals surface area contributed by atoms with Gasteiger partial charge in [-0.1, -0.05) is 23.2 Å². The van der Waals surface area contributed by atoms with Crippen LogP contribution in [0, 0.1) is 22.7 Å². The normalized spacial score (nSPS) is 12.1. The minimum atomic E-state index is -4.60. The molecule has 0 atom stereocenters. The zero-order valence-electron chi connectivity index (χ0n) is 12.6. The van der Waals surface area contributed by atoms with E-state index in [1.807, 2.05) is 0 Å². The molecule has 0 radical (unpaired) electrons. The van der Waals surface area contributed by atoms with Crippen LogP contribution in [0.25, 0.3) is 5.69 Å². The Labute approximate surface area is 155 Å². The van der Waals surface area contributed by atoms with Crippen LogP contribution in [-0.2, 0) is 12.7 Å². The summed E-state index contributed by atoms with van der Waals surface area (Å²) in [7, 11) is 0. The van der Waals surface area contributed by atoms with Gasteiger partial charge in [0.2, 0.25) is 0 Å². The molecule has 7 nitrogen and oxygen atoms in total. The van der Waals surface area contributed by atoms with Crippen molar-refractivity contribution >= 4 is 23.2 Å². The molecule has 0 aliphatic carbocycles. The fourth-order valence-corrected chi connectivity index (χ4v) is 2.47. The van der Waals surface area contributed by atoms with Crippen molar-refractivity contribution < 1.29 is 13.2 Å². The van der Waals surface area contributed by atoms with E-state index in [1.54, 1.807) is 12.1 Å². The van der Waals surface area contributed by atoms with Gasteiger partial charge in [0.05, 0.1) is 28.4 Å². The molecule has 0 saturated heterocycles. The van der Waals surface area contributed by atoms with Crippen LogP contribution in [-0.4, -0.2) is 15.0 Å². The van der Waals surface area contributed by atoms with Crippen molar-refractivity contribution in [2.24, 2.45) is 5.73 Å². The number of aromatic nitrogens is 3. The monoisotopic (exact) mass is 401 g/mol. The summed E-state index contributed by atoms with van der Waals surface area (Å²) in [5, 5.41) is 27.5. The van der Waals surface area contributed by atoms with E-state index in [0.29, 0.717) is 17.8 Å². The number of allylic oxidation sites excluding steroid dienone is 2. The SMILES string of the molecule is N#CC(N)=C(C#N)NCc1cnn(-c2c(Cl)cc(C(F)(F)F)cc2Cl)n1. The zero-order chi connectivity index (χ0) is 19.5. The Hall–Kier alpha value is -2.95. The number of nitriles is 2. The summed E-state index contributed by atoms with van der Waals surface area (Å²) in [5.41, 5.74) is 4.17. The average Bonchev–Trinajstić information content (AvgIpc) is 3.02. The fourth-order valence-electron chi connectivity index (χ4n) is 1.83. The highest BCUT2D eigenvalue weighted by Crippen LogP contribution is 2.37. The number of hydrogen-bond donors (Lipinski definition) is 2. The Morgan fingerprint density at radius 2 is 1.85 bits per heavy atom. The maximum atomic E-state index is 12.8. The van der Waals surface area contributed by atoms with Gasteiger partial charge < -0.3 is 11.1 Å². The molecule has 26 heavy (non-hydrogen) atoms. The molecule has 0 amide bonds. The van der Waals surface area contributed by atoms with Crippen molar-refractivity contribution in [2.45, 2.75) is 12.7 Å². The lowest BCUT2D eigenvalue weighted by atomic mass is 10.2. The Morgan fingerprint density at radius 1 is 1.23 bits per heavy atom. The number of nitrogens with zero attached hydrogens (tertiary/aromatic N) is 5. The molecule has 1 aromatic heterocycles. The first-order valence-corrected chi connectivity index (χ1v) is 7.44. The molecule has 12 heteroatoms. The Kier molecular flexibility index (Phi) is 5.60. The lowest BCUT2D eigenvalue weighted by Gasteiger charge is -2.11. The van der Waals surface area contributed by atoms with E-state index >= 15 is 0 Å². The second-order valence-corrected chi connectivity index (χ2v) is 5.59. The van der Waals surface area contributed by atoms with Gasteiger partial charge in [-0.05, 0) is 12.1 Å². The van der Waals surface area contributed by atoms with Crippen LogP contribution in [0.2, 0.25) is 10.0 Å². The van der Waals surface area contributed by atoms with Crippen LogP contribution in [0.1, 0.15) is 11.3 Å². The van der Waals surface area contributed by atoms with Crippen molar-refractivity contribution in [2.75, 3.05) is 0 Å². The van der Waals surface area contributed by atoms with E-state index in [2.05, 4.69) is 15.5 Å². The third-order valence-corrected chi connectivity index (χ3v) is 3.61. The molecule has 0 aliphatic rings. The van der Waals surface area contributed by atoms with Gasteiger partial charge in [-0.15, -0.1) is 4.80 Å². The van der Waals surface area contributed by atoms with Crippen LogP contribution in [0.5, 0.6) is 0 Å². The van der Waals surface area contributed by atoms with Crippen LogP contribution in [0.15, 0.2) is 29.7 Å². The quantitative estimate of drug-likeness (QED) is 0.760. The number of nitrogens with one attached hydrogen (secondary N) is 1. The van der Waals surface area contributed by atoms with E-state index in [1.165, 1.54) is 6.20 Å². The highest BCUT2D eigenvalue weighted by molar-refractivity contribution is 6.37. The molecule has 1 heterocycles. The molecule has 0 unspecified atom stereocenters. The molecule has 0 bridgehead atoms. The van der Waals surface area contributed by atoms with Gasteiger partial charge in [0.25, 0.3) is 0 Å². The summed E-state index contributed by atoms with van der Waals surface area (Å²) in [4.78, 5) is 0.964. The molecule has 1 aromatic carbocycles. The van der Waals surface area contributed by atoms with Gasteiger partial charge in [0.1, 0.15) is 34.9 Å². The van der Waals surface area contributed by atoms with Crippen LogP contribution < -0.4 is 11.1 Å². The van der Waals surface area contributed by atoms with Crippen LogP contribution >= 0.6 is 23.2 Å². The summed E-state index contributed by atoms with van der Waals surface area (Å²) in [6, 6.07) is 4.77. The summed E-state index contributed by atoms with van der Waals surface area (Å²) in [5.74, 6) is 0. The maximum Gasteiger partial charge on any atom is 0.416 e. The van der Waals surface area contributed by atoms with E-state index in [0.717, 1.165) is 4.80 Å². The molecule has 0 aliphatic heterocycles. The molecule has 2 aromatic rings. The van der Waals surface area contributed by atoms with E-state index in [9.17, 15) is 13.2 Å². The highest BCUT2D eigenvalue weighted by atomic mass is 35.5. The van der Waals surface area contributed by atoms with Gasteiger partial charge in [-0.25, -0.2) is 0 Å². The Bertz CT molecular complexity index is 928. The summed E-state index contributed by atoms with van der Waals surface area (Å²) < 4.78 is 38.3. The third-order valence-electron chi connectivity index (χ3n) is 3.03.